The summed E-state index contributed by atoms with van der Waals surface area (Å²) in [5.74, 6) is 1.28. The number of piperazine rings is 1. The third-order valence-electron chi connectivity index (χ3n) is 5.96. The summed E-state index contributed by atoms with van der Waals surface area (Å²) < 4.78 is 0. The minimum absolute atomic E-state index is 0.0582. The Kier molecular flexibility index (Phi) is 6.16. The second-order valence-electron chi connectivity index (χ2n) is 8.23. The van der Waals surface area contributed by atoms with E-state index in [1.165, 1.54) is 0 Å². The average molecular weight is 384 g/mol. The number of hydrogen-bond donors (Lipinski definition) is 2. The Balaban J connectivity index is 1.51. The first kappa shape index (κ1) is 19.9. The van der Waals surface area contributed by atoms with Crippen LogP contribution in [0.15, 0.2) is 0 Å². The van der Waals surface area contributed by atoms with Crippen LogP contribution in [0.1, 0.15) is 26.7 Å². The molecule has 0 unspecified atom stereocenters. The van der Waals surface area contributed by atoms with Crippen molar-refractivity contribution in [1.82, 2.24) is 20.0 Å². The van der Waals surface area contributed by atoms with Crippen molar-refractivity contribution in [3.05, 3.63) is 0 Å². The van der Waals surface area contributed by atoms with Crippen LogP contribution in [0.2, 0.25) is 0 Å². The zero-order valence-corrected chi connectivity index (χ0v) is 17.1. The van der Waals surface area contributed by atoms with Crippen LogP contribution in [-0.2, 0) is 9.59 Å². The summed E-state index contributed by atoms with van der Waals surface area (Å²) in [4.78, 5) is 31.4. The third-order valence-corrected chi connectivity index (χ3v) is 7.54. The summed E-state index contributed by atoms with van der Waals surface area (Å²) in [5.41, 5.74) is 6.02. The third kappa shape index (κ3) is 4.18. The maximum atomic E-state index is 12.8. The maximum absolute atomic E-state index is 12.8. The fourth-order valence-electron chi connectivity index (χ4n) is 3.90. The van der Waals surface area contributed by atoms with Gasteiger partial charge in [-0.3, -0.25) is 14.9 Å². The number of carbonyl (C=O) groups is 2. The molecule has 0 aromatic carbocycles. The van der Waals surface area contributed by atoms with Crippen molar-refractivity contribution >= 4 is 23.6 Å². The van der Waals surface area contributed by atoms with Gasteiger partial charge < -0.3 is 20.4 Å². The molecule has 3 saturated heterocycles. The van der Waals surface area contributed by atoms with Crippen LogP contribution in [0.4, 0.5) is 0 Å². The van der Waals surface area contributed by atoms with Crippen molar-refractivity contribution < 1.29 is 9.59 Å². The molecule has 3 heterocycles. The van der Waals surface area contributed by atoms with Gasteiger partial charge in [0.25, 0.3) is 0 Å². The predicted molar refractivity (Wildman–Crippen MR) is 105 cm³/mol. The molecule has 3 rings (SSSR count). The Morgan fingerprint density at radius 3 is 2.27 bits per heavy atom. The molecule has 2 atom stereocenters. The van der Waals surface area contributed by atoms with Gasteiger partial charge in [0.2, 0.25) is 11.8 Å². The number of thioether (sulfide) groups is 1. The number of hydrogen-bond acceptors (Lipinski definition) is 6. The van der Waals surface area contributed by atoms with Crippen molar-refractivity contribution in [2.75, 3.05) is 52.1 Å². The van der Waals surface area contributed by atoms with Crippen molar-refractivity contribution in [2.24, 2.45) is 11.7 Å². The van der Waals surface area contributed by atoms with Gasteiger partial charge in [0.15, 0.2) is 0 Å². The average Bonchev–Trinajstić information content (AvgIpc) is 3.04. The zero-order chi connectivity index (χ0) is 18.9. The van der Waals surface area contributed by atoms with Crippen molar-refractivity contribution in [2.45, 2.75) is 43.6 Å². The van der Waals surface area contributed by atoms with Crippen LogP contribution in [0, 0.1) is 5.92 Å². The van der Waals surface area contributed by atoms with Gasteiger partial charge in [0, 0.05) is 45.0 Å². The molecule has 3 fully saturated rings. The molecule has 0 aromatic heterocycles. The number of likely N-dealkylation sites (tertiary alicyclic amines) is 1. The van der Waals surface area contributed by atoms with E-state index in [9.17, 15) is 9.59 Å². The van der Waals surface area contributed by atoms with Gasteiger partial charge in [-0.05, 0) is 25.8 Å². The lowest BCUT2D eigenvalue weighted by atomic mass is 9.99. The van der Waals surface area contributed by atoms with Crippen LogP contribution in [0.25, 0.3) is 0 Å². The van der Waals surface area contributed by atoms with E-state index >= 15 is 0 Å². The van der Waals surface area contributed by atoms with Crippen LogP contribution in [0.3, 0.4) is 0 Å². The highest BCUT2D eigenvalue weighted by molar-refractivity contribution is 8.01. The molecule has 8 heteroatoms. The molecule has 0 aliphatic carbocycles. The molecule has 0 saturated carbocycles. The SMILES string of the molecule is CC(C)[C@H](N)C(=O)N1CCC2(CC1)N[C@H](C(=O)N1CCN(C)CC1)CS2. The summed E-state index contributed by atoms with van der Waals surface area (Å²) in [7, 11) is 2.10. The summed E-state index contributed by atoms with van der Waals surface area (Å²) in [5, 5.41) is 3.61. The zero-order valence-electron chi connectivity index (χ0n) is 16.2. The molecule has 0 radical (unpaired) electrons. The van der Waals surface area contributed by atoms with Gasteiger partial charge in [-0.25, -0.2) is 0 Å². The summed E-state index contributed by atoms with van der Waals surface area (Å²) in [6.45, 7) is 8.94. The molecule has 3 N–H and O–H groups in total. The van der Waals surface area contributed by atoms with Crippen molar-refractivity contribution in [3.63, 3.8) is 0 Å². The van der Waals surface area contributed by atoms with Crippen LogP contribution < -0.4 is 11.1 Å². The second kappa shape index (κ2) is 8.04. The summed E-state index contributed by atoms with van der Waals surface area (Å²) >= 11 is 1.86. The number of carbonyl (C=O) groups excluding carboxylic acids is 2. The largest absolute Gasteiger partial charge is 0.341 e. The summed E-state index contributed by atoms with van der Waals surface area (Å²) in [6.07, 6.45) is 1.75. The molecule has 3 aliphatic rings. The predicted octanol–water partition coefficient (Wildman–Crippen LogP) is -0.233. The lowest BCUT2D eigenvalue weighted by molar-refractivity contribution is -0.136. The Bertz CT molecular complexity index is 528. The number of nitrogens with one attached hydrogen (secondary N) is 1. The Hall–Kier alpha value is -0.830. The highest BCUT2D eigenvalue weighted by atomic mass is 32.2. The fraction of sp³-hybridized carbons (Fsp3) is 0.889. The fourth-order valence-corrected chi connectivity index (χ4v) is 5.31. The number of likely N-dealkylation sites (N-methyl/N-ethyl adjacent to an activating group) is 1. The Morgan fingerprint density at radius 2 is 1.69 bits per heavy atom. The van der Waals surface area contributed by atoms with E-state index in [2.05, 4.69) is 17.3 Å². The minimum atomic E-state index is -0.417. The van der Waals surface area contributed by atoms with Gasteiger partial charge in [-0.1, -0.05) is 13.8 Å². The van der Waals surface area contributed by atoms with Gasteiger partial charge >= 0.3 is 0 Å². The topological polar surface area (TPSA) is 81.9 Å². The molecule has 1 spiro atoms. The maximum Gasteiger partial charge on any atom is 0.240 e. The molecular weight excluding hydrogens is 350 g/mol. The lowest BCUT2D eigenvalue weighted by Gasteiger charge is -2.40. The molecular formula is C18H33N5O2S. The minimum Gasteiger partial charge on any atom is -0.341 e. The first-order valence-electron chi connectivity index (χ1n) is 9.75. The van der Waals surface area contributed by atoms with Gasteiger partial charge in [-0.15, -0.1) is 11.8 Å². The molecule has 148 valence electrons. The van der Waals surface area contributed by atoms with Crippen LogP contribution in [0.5, 0.6) is 0 Å². The number of nitrogens with two attached hydrogens (primary N) is 1. The Morgan fingerprint density at radius 1 is 1.08 bits per heavy atom. The first-order chi connectivity index (χ1) is 12.3. The number of nitrogens with zero attached hydrogens (tertiary/aromatic N) is 3. The lowest BCUT2D eigenvalue weighted by Crippen LogP contribution is -2.58. The number of rotatable bonds is 3. The van der Waals surface area contributed by atoms with Gasteiger partial charge in [0.1, 0.15) is 0 Å². The number of piperidine rings is 1. The summed E-state index contributed by atoms with van der Waals surface area (Å²) in [6, 6.07) is -0.511. The molecule has 0 bridgehead atoms. The molecule has 7 nitrogen and oxygen atoms in total. The molecule has 3 aliphatic heterocycles. The van der Waals surface area contributed by atoms with Crippen molar-refractivity contribution in [3.8, 4) is 0 Å². The first-order valence-corrected chi connectivity index (χ1v) is 10.7. The van der Waals surface area contributed by atoms with E-state index < -0.39 is 6.04 Å². The highest BCUT2D eigenvalue weighted by Gasteiger charge is 2.45. The van der Waals surface area contributed by atoms with E-state index in [1.807, 2.05) is 35.4 Å². The molecule has 0 aromatic rings. The monoisotopic (exact) mass is 383 g/mol. The van der Waals surface area contributed by atoms with E-state index in [-0.39, 0.29) is 28.6 Å². The number of amides is 2. The second-order valence-corrected chi connectivity index (χ2v) is 9.63. The quantitative estimate of drug-likeness (QED) is 0.701. The van der Waals surface area contributed by atoms with Crippen LogP contribution in [-0.4, -0.2) is 95.5 Å². The van der Waals surface area contributed by atoms with E-state index in [4.69, 9.17) is 5.73 Å². The normalized spacial score (nSPS) is 28.0. The van der Waals surface area contributed by atoms with E-state index in [0.29, 0.717) is 13.1 Å². The standard InChI is InChI=1S/C18H33N5O2S/c1-13(2)15(19)17(25)22-6-4-18(5-7-22)20-14(12-26-18)16(24)23-10-8-21(3)9-11-23/h13-15,20H,4-12,19H2,1-3H3/t14-,15-/m0/s1. The van der Waals surface area contributed by atoms with Crippen LogP contribution >= 0.6 is 11.8 Å². The molecule has 26 heavy (non-hydrogen) atoms. The van der Waals surface area contributed by atoms with Gasteiger partial charge in [0.05, 0.1) is 17.0 Å². The van der Waals surface area contributed by atoms with E-state index in [0.717, 1.165) is 44.8 Å². The Labute approximate surface area is 161 Å². The highest BCUT2D eigenvalue weighted by Crippen LogP contribution is 2.39. The van der Waals surface area contributed by atoms with Gasteiger partial charge in [-0.2, -0.15) is 0 Å². The van der Waals surface area contributed by atoms with E-state index in [1.54, 1.807) is 0 Å². The smallest absolute Gasteiger partial charge is 0.240 e. The van der Waals surface area contributed by atoms with Crippen molar-refractivity contribution in [1.29, 1.82) is 0 Å². The molecule has 2 amide bonds.